The predicted octanol–water partition coefficient (Wildman–Crippen LogP) is 2.74. The largest absolute Gasteiger partial charge is 0.481 e. The molecule has 0 radical (unpaired) electrons. The molecule has 2 rings (SSSR count). The summed E-state index contributed by atoms with van der Waals surface area (Å²) >= 11 is 0. The smallest absolute Gasteiger partial charge is 0.213 e. The molecule has 3 nitrogen and oxygen atoms in total. The summed E-state index contributed by atoms with van der Waals surface area (Å²) in [6.07, 6.45) is 0. The lowest BCUT2D eigenvalue weighted by molar-refractivity contribution is 0.398. The maximum atomic E-state index is 5.23. The van der Waals surface area contributed by atoms with Gasteiger partial charge in [0, 0.05) is 24.0 Å². The summed E-state index contributed by atoms with van der Waals surface area (Å²) in [5.74, 6) is 0.671. The minimum Gasteiger partial charge on any atom is -0.481 e. The van der Waals surface area contributed by atoms with Crippen molar-refractivity contribution in [1.82, 2.24) is 10.3 Å². The van der Waals surface area contributed by atoms with Gasteiger partial charge < -0.3 is 10.1 Å². The molecule has 3 heteroatoms. The second-order valence-electron chi connectivity index (χ2n) is 4.38. The Labute approximate surface area is 102 Å². The molecule has 90 valence electrons. The van der Waals surface area contributed by atoms with E-state index in [1.54, 1.807) is 7.11 Å². The van der Waals surface area contributed by atoms with Crippen molar-refractivity contribution >= 4 is 10.9 Å². The minimum absolute atomic E-state index is 0.466. The Balaban J connectivity index is 2.43. The maximum Gasteiger partial charge on any atom is 0.213 e. The molecule has 0 amide bonds. The highest BCUT2D eigenvalue weighted by Crippen LogP contribution is 2.21. The zero-order valence-electron chi connectivity index (χ0n) is 10.5. The van der Waals surface area contributed by atoms with Gasteiger partial charge in [-0.1, -0.05) is 32.0 Å². The van der Waals surface area contributed by atoms with Crippen molar-refractivity contribution in [2.24, 2.45) is 0 Å². The van der Waals surface area contributed by atoms with Crippen LogP contribution in [0.2, 0.25) is 0 Å². The molecule has 1 aromatic heterocycles. The van der Waals surface area contributed by atoms with E-state index in [-0.39, 0.29) is 0 Å². The van der Waals surface area contributed by atoms with Crippen LogP contribution in [0.15, 0.2) is 30.3 Å². The van der Waals surface area contributed by atoms with E-state index >= 15 is 0 Å². The van der Waals surface area contributed by atoms with Gasteiger partial charge in [-0.2, -0.15) is 0 Å². The van der Waals surface area contributed by atoms with E-state index in [0.29, 0.717) is 11.9 Å². The van der Waals surface area contributed by atoms with Gasteiger partial charge in [-0.3, -0.25) is 0 Å². The van der Waals surface area contributed by atoms with Crippen molar-refractivity contribution in [3.05, 3.63) is 35.9 Å². The molecule has 0 saturated heterocycles. The molecular weight excluding hydrogens is 212 g/mol. The average molecular weight is 230 g/mol. The second kappa shape index (κ2) is 5.15. The molecule has 0 aliphatic carbocycles. The molecule has 2 aromatic rings. The number of para-hydroxylation sites is 1. The van der Waals surface area contributed by atoms with Crippen molar-refractivity contribution in [3.63, 3.8) is 0 Å². The number of pyridine rings is 1. The molecule has 0 fully saturated rings. The number of hydrogen-bond donors (Lipinski definition) is 1. The molecule has 1 N–H and O–H groups in total. The number of ether oxygens (including phenoxy) is 1. The molecule has 0 aliphatic rings. The molecule has 0 saturated carbocycles. The topological polar surface area (TPSA) is 34.1 Å². The van der Waals surface area contributed by atoms with Crippen LogP contribution in [0.4, 0.5) is 0 Å². The third-order valence-corrected chi connectivity index (χ3v) is 2.69. The first-order valence-corrected chi connectivity index (χ1v) is 5.86. The normalized spacial score (nSPS) is 11.1. The molecule has 1 aromatic carbocycles. The lowest BCUT2D eigenvalue weighted by Gasteiger charge is -2.11. The number of benzene rings is 1. The van der Waals surface area contributed by atoms with Crippen molar-refractivity contribution in [1.29, 1.82) is 0 Å². The standard InChI is InChI=1S/C14H18N2O/c1-10(2)15-9-11-8-14(17-3)16-13-7-5-4-6-12(11)13/h4-8,10,15H,9H2,1-3H3. The quantitative estimate of drug-likeness (QED) is 0.877. The van der Waals surface area contributed by atoms with Crippen LogP contribution < -0.4 is 10.1 Å². The van der Waals surface area contributed by atoms with E-state index in [9.17, 15) is 0 Å². The first kappa shape index (κ1) is 11.9. The van der Waals surface area contributed by atoms with Crippen LogP contribution >= 0.6 is 0 Å². The van der Waals surface area contributed by atoms with Gasteiger partial charge >= 0.3 is 0 Å². The van der Waals surface area contributed by atoms with Gasteiger partial charge in [-0.25, -0.2) is 4.98 Å². The third-order valence-electron chi connectivity index (χ3n) is 2.69. The number of methoxy groups -OCH3 is 1. The zero-order valence-corrected chi connectivity index (χ0v) is 10.5. The van der Waals surface area contributed by atoms with Crippen molar-refractivity contribution in [2.45, 2.75) is 26.4 Å². The van der Waals surface area contributed by atoms with Gasteiger partial charge in [0.15, 0.2) is 0 Å². The lowest BCUT2D eigenvalue weighted by atomic mass is 10.1. The van der Waals surface area contributed by atoms with Crippen LogP contribution in [-0.2, 0) is 6.54 Å². The molecule has 1 heterocycles. The van der Waals surface area contributed by atoms with Crippen molar-refractivity contribution in [2.75, 3.05) is 7.11 Å². The lowest BCUT2D eigenvalue weighted by Crippen LogP contribution is -2.22. The Morgan fingerprint density at radius 3 is 2.76 bits per heavy atom. The van der Waals surface area contributed by atoms with E-state index in [1.165, 1.54) is 10.9 Å². The number of fused-ring (bicyclic) bond motifs is 1. The molecule has 0 atom stereocenters. The zero-order chi connectivity index (χ0) is 12.3. The van der Waals surface area contributed by atoms with Gasteiger partial charge in [0.25, 0.3) is 0 Å². The summed E-state index contributed by atoms with van der Waals surface area (Å²) in [6.45, 7) is 5.11. The Morgan fingerprint density at radius 1 is 1.29 bits per heavy atom. The Hall–Kier alpha value is -1.61. The van der Waals surface area contributed by atoms with E-state index < -0.39 is 0 Å². The SMILES string of the molecule is COc1cc(CNC(C)C)c2ccccc2n1. The summed E-state index contributed by atoms with van der Waals surface area (Å²) in [5.41, 5.74) is 2.20. The van der Waals surface area contributed by atoms with Crippen LogP contribution in [-0.4, -0.2) is 18.1 Å². The summed E-state index contributed by atoms with van der Waals surface area (Å²) in [4.78, 5) is 4.43. The van der Waals surface area contributed by atoms with E-state index in [0.717, 1.165) is 12.1 Å². The highest BCUT2D eigenvalue weighted by molar-refractivity contribution is 5.82. The first-order valence-electron chi connectivity index (χ1n) is 5.86. The number of rotatable bonds is 4. The average Bonchev–Trinajstić information content (AvgIpc) is 2.35. The van der Waals surface area contributed by atoms with E-state index in [4.69, 9.17) is 4.74 Å². The number of hydrogen-bond acceptors (Lipinski definition) is 3. The summed E-state index contributed by atoms with van der Waals surface area (Å²) in [6, 6.07) is 10.6. The van der Waals surface area contributed by atoms with Crippen molar-refractivity contribution in [3.8, 4) is 5.88 Å². The van der Waals surface area contributed by atoms with Gasteiger partial charge in [0.05, 0.1) is 12.6 Å². The first-order chi connectivity index (χ1) is 8.20. The third kappa shape index (κ3) is 2.74. The number of nitrogens with zero attached hydrogens (tertiary/aromatic N) is 1. The Morgan fingerprint density at radius 2 is 2.06 bits per heavy atom. The number of aromatic nitrogens is 1. The van der Waals surface area contributed by atoms with E-state index in [2.05, 4.69) is 30.2 Å². The molecule has 0 bridgehead atoms. The number of nitrogens with one attached hydrogen (secondary N) is 1. The summed E-state index contributed by atoms with van der Waals surface area (Å²) < 4.78 is 5.23. The van der Waals surface area contributed by atoms with Crippen LogP contribution in [0.25, 0.3) is 10.9 Å². The molecule has 0 aliphatic heterocycles. The van der Waals surface area contributed by atoms with Gasteiger partial charge in [-0.15, -0.1) is 0 Å². The van der Waals surface area contributed by atoms with Gasteiger partial charge in [0.2, 0.25) is 5.88 Å². The maximum absolute atomic E-state index is 5.23. The van der Waals surface area contributed by atoms with Crippen molar-refractivity contribution < 1.29 is 4.74 Å². The minimum atomic E-state index is 0.466. The Bertz CT molecular complexity index is 509. The fourth-order valence-electron chi connectivity index (χ4n) is 1.79. The molecule has 17 heavy (non-hydrogen) atoms. The van der Waals surface area contributed by atoms with Gasteiger partial charge in [0.1, 0.15) is 0 Å². The van der Waals surface area contributed by atoms with Crippen LogP contribution in [0.1, 0.15) is 19.4 Å². The van der Waals surface area contributed by atoms with E-state index in [1.807, 2.05) is 24.3 Å². The molecular formula is C14H18N2O. The Kier molecular flexibility index (Phi) is 3.59. The second-order valence-corrected chi connectivity index (χ2v) is 4.38. The molecule has 0 unspecified atom stereocenters. The van der Waals surface area contributed by atoms with Crippen LogP contribution in [0.3, 0.4) is 0 Å². The monoisotopic (exact) mass is 230 g/mol. The van der Waals surface area contributed by atoms with Gasteiger partial charge in [-0.05, 0) is 11.6 Å². The van der Waals surface area contributed by atoms with Crippen LogP contribution in [0, 0.1) is 0 Å². The fraction of sp³-hybridized carbons (Fsp3) is 0.357. The summed E-state index contributed by atoms with van der Waals surface area (Å²) in [5, 5.41) is 4.60. The predicted molar refractivity (Wildman–Crippen MR) is 70.3 cm³/mol. The summed E-state index contributed by atoms with van der Waals surface area (Å²) in [7, 11) is 1.65. The highest BCUT2D eigenvalue weighted by Gasteiger charge is 2.05. The highest BCUT2D eigenvalue weighted by atomic mass is 16.5. The molecule has 0 spiro atoms. The van der Waals surface area contributed by atoms with Crippen LogP contribution in [0.5, 0.6) is 5.88 Å². The fourth-order valence-corrected chi connectivity index (χ4v) is 1.79.